The maximum absolute atomic E-state index is 11.9. The summed E-state index contributed by atoms with van der Waals surface area (Å²) in [5.41, 5.74) is 5.92. The van der Waals surface area contributed by atoms with Crippen LogP contribution in [-0.2, 0) is 6.54 Å². The summed E-state index contributed by atoms with van der Waals surface area (Å²) in [6, 6.07) is 6.64. The largest absolute Gasteiger partial charge is 0.505 e. The highest BCUT2D eigenvalue weighted by Crippen LogP contribution is 2.24. The van der Waals surface area contributed by atoms with Gasteiger partial charge in [0, 0.05) is 14.7 Å². The zero-order valence-corrected chi connectivity index (χ0v) is 11.7. The Labute approximate surface area is 117 Å². The summed E-state index contributed by atoms with van der Waals surface area (Å²) in [5.74, 6) is -0.522. The van der Waals surface area contributed by atoms with Crippen molar-refractivity contribution in [2.24, 2.45) is 0 Å². The molecule has 1 aromatic heterocycles. The summed E-state index contributed by atoms with van der Waals surface area (Å²) in [4.78, 5) is 12.9. The molecule has 2 rings (SSSR count). The molecule has 0 spiro atoms. The number of nitrogen functional groups attached to an aromatic ring is 1. The van der Waals surface area contributed by atoms with Crippen LogP contribution in [0.2, 0.25) is 0 Å². The minimum Gasteiger partial charge on any atom is -0.505 e. The van der Waals surface area contributed by atoms with E-state index < -0.39 is 0 Å². The maximum Gasteiger partial charge on any atom is 0.255 e. The zero-order valence-electron chi connectivity index (χ0n) is 9.31. The lowest BCUT2D eigenvalue weighted by molar-refractivity contribution is 0.0948. The van der Waals surface area contributed by atoms with E-state index >= 15 is 0 Å². The SMILES string of the molecule is Nc1cccc(C(=O)NCc2cc(Br)cs2)c1O. The molecule has 0 saturated carbocycles. The molecule has 94 valence electrons. The van der Waals surface area contributed by atoms with Gasteiger partial charge in [0.1, 0.15) is 0 Å². The monoisotopic (exact) mass is 326 g/mol. The first-order valence-electron chi connectivity index (χ1n) is 5.16. The Hall–Kier alpha value is -1.53. The fraction of sp³-hybridized carbons (Fsp3) is 0.0833. The summed E-state index contributed by atoms with van der Waals surface area (Å²) in [6.45, 7) is 0.420. The second-order valence-electron chi connectivity index (χ2n) is 3.66. The number of halogens is 1. The Balaban J connectivity index is 2.06. The Bertz CT molecular complexity index is 583. The lowest BCUT2D eigenvalue weighted by Crippen LogP contribution is -2.22. The van der Waals surface area contributed by atoms with Crippen LogP contribution in [0.1, 0.15) is 15.2 Å². The quantitative estimate of drug-likeness (QED) is 0.599. The van der Waals surface area contributed by atoms with Gasteiger partial charge in [-0.25, -0.2) is 0 Å². The van der Waals surface area contributed by atoms with Crippen LogP contribution in [0, 0.1) is 0 Å². The molecule has 0 aliphatic heterocycles. The van der Waals surface area contributed by atoms with Crippen LogP contribution in [0.5, 0.6) is 5.75 Å². The van der Waals surface area contributed by atoms with Gasteiger partial charge in [0.05, 0.1) is 17.8 Å². The second-order valence-corrected chi connectivity index (χ2v) is 5.57. The first kappa shape index (κ1) is 12.9. The molecule has 1 amide bonds. The molecule has 6 heteroatoms. The van der Waals surface area contributed by atoms with Crippen LogP contribution < -0.4 is 11.1 Å². The Morgan fingerprint density at radius 1 is 1.50 bits per heavy atom. The summed E-state index contributed by atoms with van der Waals surface area (Å²) in [5, 5.41) is 14.4. The van der Waals surface area contributed by atoms with Gasteiger partial charge in [0.2, 0.25) is 0 Å². The van der Waals surface area contributed by atoms with E-state index in [9.17, 15) is 9.90 Å². The van der Waals surface area contributed by atoms with E-state index in [4.69, 9.17) is 5.73 Å². The van der Waals surface area contributed by atoms with Crippen molar-refractivity contribution in [2.45, 2.75) is 6.54 Å². The lowest BCUT2D eigenvalue weighted by Gasteiger charge is -2.07. The number of phenols is 1. The molecule has 0 aliphatic rings. The normalized spacial score (nSPS) is 10.3. The topological polar surface area (TPSA) is 75.4 Å². The Kier molecular flexibility index (Phi) is 3.88. The number of nitrogens with two attached hydrogens (primary N) is 1. The minimum atomic E-state index is -0.343. The molecule has 0 atom stereocenters. The van der Waals surface area contributed by atoms with Gasteiger partial charge >= 0.3 is 0 Å². The molecule has 0 saturated heterocycles. The van der Waals surface area contributed by atoms with Gasteiger partial charge in [0.15, 0.2) is 5.75 Å². The average molecular weight is 327 g/mol. The smallest absolute Gasteiger partial charge is 0.255 e. The molecule has 2 aromatic rings. The van der Waals surface area contributed by atoms with E-state index in [-0.39, 0.29) is 22.9 Å². The van der Waals surface area contributed by atoms with Crippen molar-refractivity contribution in [3.8, 4) is 5.75 Å². The number of nitrogens with one attached hydrogen (secondary N) is 1. The minimum absolute atomic E-state index is 0.178. The zero-order chi connectivity index (χ0) is 13.1. The average Bonchev–Trinajstić information content (AvgIpc) is 2.76. The van der Waals surface area contributed by atoms with Crippen LogP contribution >= 0.6 is 27.3 Å². The third kappa shape index (κ3) is 2.83. The van der Waals surface area contributed by atoms with E-state index in [0.717, 1.165) is 9.35 Å². The van der Waals surface area contributed by atoms with Gasteiger partial charge in [-0.3, -0.25) is 4.79 Å². The summed E-state index contributed by atoms with van der Waals surface area (Å²) in [6.07, 6.45) is 0. The molecule has 0 unspecified atom stereocenters. The van der Waals surface area contributed by atoms with Gasteiger partial charge in [-0.15, -0.1) is 11.3 Å². The number of hydrogen-bond acceptors (Lipinski definition) is 4. The van der Waals surface area contributed by atoms with E-state index in [1.54, 1.807) is 23.5 Å². The molecule has 4 N–H and O–H groups in total. The van der Waals surface area contributed by atoms with Crippen molar-refractivity contribution in [3.63, 3.8) is 0 Å². The van der Waals surface area contributed by atoms with Crippen LogP contribution in [0.3, 0.4) is 0 Å². The van der Waals surface area contributed by atoms with Crippen molar-refractivity contribution in [3.05, 3.63) is 44.6 Å². The summed E-state index contributed by atoms with van der Waals surface area (Å²) < 4.78 is 0.989. The second kappa shape index (κ2) is 5.41. The molecule has 18 heavy (non-hydrogen) atoms. The number of carbonyl (C=O) groups is 1. The van der Waals surface area contributed by atoms with Crippen LogP contribution in [0.25, 0.3) is 0 Å². The predicted octanol–water partition coefficient (Wildman–Crippen LogP) is 2.73. The number of aromatic hydroxyl groups is 1. The van der Waals surface area contributed by atoms with Gasteiger partial charge in [-0.1, -0.05) is 6.07 Å². The number of rotatable bonds is 3. The fourth-order valence-electron chi connectivity index (χ4n) is 1.45. The highest BCUT2D eigenvalue weighted by Gasteiger charge is 2.12. The van der Waals surface area contributed by atoms with Crippen molar-refractivity contribution < 1.29 is 9.90 Å². The van der Waals surface area contributed by atoms with Crippen LogP contribution in [0.4, 0.5) is 5.69 Å². The van der Waals surface area contributed by atoms with Crippen molar-refractivity contribution in [2.75, 3.05) is 5.73 Å². The predicted molar refractivity (Wildman–Crippen MR) is 75.7 cm³/mol. The molecule has 0 bridgehead atoms. The van der Waals surface area contributed by atoms with Crippen molar-refractivity contribution >= 4 is 38.9 Å². The van der Waals surface area contributed by atoms with E-state index in [0.29, 0.717) is 6.54 Å². The van der Waals surface area contributed by atoms with Crippen molar-refractivity contribution in [1.82, 2.24) is 5.32 Å². The highest BCUT2D eigenvalue weighted by atomic mass is 79.9. The lowest BCUT2D eigenvalue weighted by atomic mass is 10.1. The Morgan fingerprint density at radius 3 is 2.94 bits per heavy atom. The van der Waals surface area contributed by atoms with E-state index in [1.165, 1.54) is 6.07 Å². The van der Waals surface area contributed by atoms with E-state index in [1.807, 2.05) is 11.4 Å². The molecule has 0 radical (unpaired) electrons. The molecular formula is C12H11BrN2O2S. The molecule has 4 nitrogen and oxygen atoms in total. The number of benzene rings is 1. The third-order valence-electron chi connectivity index (χ3n) is 2.36. The molecule has 1 heterocycles. The molecule has 1 aromatic carbocycles. The number of thiophene rings is 1. The standard InChI is InChI=1S/C12H11BrN2O2S/c13-7-4-8(18-6-7)5-15-12(17)9-2-1-3-10(14)11(9)16/h1-4,6,16H,5,14H2,(H,15,17). The molecule has 0 aliphatic carbocycles. The third-order valence-corrected chi connectivity index (χ3v) is 4.05. The van der Waals surface area contributed by atoms with Gasteiger partial charge in [-0.05, 0) is 34.1 Å². The van der Waals surface area contributed by atoms with Gasteiger partial charge in [-0.2, -0.15) is 0 Å². The van der Waals surface area contributed by atoms with Crippen molar-refractivity contribution in [1.29, 1.82) is 0 Å². The number of phenolic OH excluding ortho intramolecular Hbond substituents is 1. The first-order chi connectivity index (χ1) is 8.58. The maximum atomic E-state index is 11.9. The number of hydrogen-bond donors (Lipinski definition) is 3. The number of para-hydroxylation sites is 1. The number of anilines is 1. The van der Waals surface area contributed by atoms with Crippen LogP contribution in [0.15, 0.2) is 34.1 Å². The number of carbonyl (C=O) groups excluding carboxylic acids is 1. The number of amides is 1. The Morgan fingerprint density at radius 2 is 2.28 bits per heavy atom. The highest BCUT2D eigenvalue weighted by molar-refractivity contribution is 9.10. The van der Waals surface area contributed by atoms with E-state index in [2.05, 4.69) is 21.2 Å². The van der Waals surface area contributed by atoms with Gasteiger partial charge in [0.25, 0.3) is 5.91 Å². The van der Waals surface area contributed by atoms with Gasteiger partial charge < -0.3 is 16.2 Å². The van der Waals surface area contributed by atoms with Crippen LogP contribution in [-0.4, -0.2) is 11.0 Å². The first-order valence-corrected chi connectivity index (χ1v) is 6.84. The summed E-state index contributed by atoms with van der Waals surface area (Å²) >= 11 is 4.89. The summed E-state index contributed by atoms with van der Waals surface area (Å²) in [7, 11) is 0. The molecule has 0 fully saturated rings. The molecular weight excluding hydrogens is 316 g/mol. The fourth-order valence-corrected chi connectivity index (χ4v) is 2.84.